The number of anilines is 1. The maximum absolute atomic E-state index is 10.7. The van der Waals surface area contributed by atoms with Gasteiger partial charge in [0.25, 0.3) is 5.69 Å². The molecular formula is C15H16N6O4S2. The first-order valence-electron chi connectivity index (χ1n) is 7.88. The average Bonchev–Trinajstić information content (AvgIpc) is 3.32. The van der Waals surface area contributed by atoms with Crippen LogP contribution in [0.5, 0.6) is 0 Å². The summed E-state index contributed by atoms with van der Waals surface area (Å²) in [5.41, 5.74) is 0.630. The summed E-state index contributed by atoms with van der Waals surface area (Å²) in [6.07, 6.45) is 0. The molecule has 2 aromatic heterocycles. The summed E-state index contributed by atoms with van der Waals surface area (Å²) in [5, 5.41) is 30.7. The summed E-state index contributed by atoms with van der Waals surface area (Å²) < 4.78 is 11.5. The van der Waals surface area contributed by atoms with Crippen LogP contribution in [0, 0.1) is 10.1 Å². The topological polar surface area (TPSA) is 129 Å². The van der Waals surface area contributed by atoms with E-state index in [0.717, 1.165) is 9.47 Å². The van der Waals surface area contributed by atoms with E-state index in [0.29, 0.717) is 30.5 Å². The summed E-state index contributed by atoms with van der Waals surface area (Å²) in [5.74, 6) is 0.754. The number of methoxy groups -OCH3 is 1. The number of hydrogen-bond donors (Lipinski definition) is 1. The van der Waals surface area contributed by atoms with E-state index in [4.69, 9.17) is 9.15 Å². The van der Waals surface area contributed by atoms with E-state index in [2.05, 4.69) is 25.7 Å². The molecule has 0 amide bonds. The molecular weight excluding hydrogens is 392 g/mol. The molecule has 0 saturated carbocycles. The van der Waals surface area contributed by atoms with Gasteiger partial charge in [-0.3, -0.25) is 10.1 Å². The lowest BCUT2D eigenvalue weighted by molar-refractivity contribution is -0.384. The van der Waals surface area contributed by atoms with Crippen LogP contribution in [-0.4, -0.2) is 45.6 Å². The van der Waals surface area contributed by atoms with Crippen molar-refractivity contribution < 1.29 is 14.1 Å². The predicted molar refractivity (Wildman–Crippen MR) is 101 cm³/mol. The Kier molecular flexibility index (Phi) is 6.32. The molecule has 0 saturated heterocycles. The van der Waals surface area contributed by atoms with Crippen LogP contribution in [0.15, 0.2) is 33.0 Å². The molecule has 2 heterocycles. The fraction of sp³-hybridized carbons (Fsp3) is 0.333. The number of ether oxygens (including phenoxy) is 1. The second kappa shape index (κ2) is 8.88. The average molecular weight is 408 g/mol. The Labute approximate surface area is 162 Å². The van der Waals surface area contributed by atoms with Gasteiger partial charge in [0.05, 0.1) is 16.8 Å². The number of benzene rings is 1. The van der Waals surface area contributed by atoms with Crippen molar-refractivity contribution in [3.05, 3.63) is 40.3 Å². The third-order valence-corrected chi connectivity index (χ3v) is 5.43. The van der Waals surface area contributed by atoms with Crippen LogP contribution in [0.4, 0.5) is 10.8 Å². The van der Waals surface area contributed by atoms with E-state index in [9.17, 15) is 10.1 Å². The van der Waals surface area contributed by atoms with Crippen LogP contribution < -0.4 is 5.32 Å². The van der Waals surface area contributed by atoms with Gasteiger partial charge in [0.15, 0.2) is 4.34 Å². The van der Waals surface area contributed by atoms with Crippen molar-refractivity contribution in [1.29, 1.82) is 0 Å². The van der Waals surface area contributed by atoms with Crippen molar-refractivity contribution in [2.24, 2.45) is 0 Å². The lowest BCUT2D eigenvalue weighted by atomic mass is 10.2. The molecule has 0 fully saturated rings. The van der Waals surface area contributed by atoms with Gasteiger partial charge in [-0.25, -0.2) is 0 Å². The van der Waals surface area contributed by atoms with E-state index in [1.807, 2.05) is 6.92 Å². The van der Waals surface area contributed by atoms with Gasteiger partial charge in [-0.1, -0.05) is 23.1 Å². The molecule has 0 spiro atoms. The Morgan fingerprint density at radius 1 is 1.30 bits per heavy atom. The van der Waals surface area contributed by atoms with Gasteiger partial charge in [-0.2, -0.15) is 0 Å². The van der Waals surface area contributed by atoms with E-state index in [-0.39, 0.29) is 10.9 Å². The van der Waals surface area contributed by atoms with E-state index < -0.39 is 4.92 Å². The third kappa shape index (κ3) is 4.99. The predicted octanol–water partition coefficient (Wildman–Crippen LogP) is 3.41. The molecule has 0 radical (unpaired) electrons. The number of non-ortho nitro benzene ring substituents is 1. The highest BCUT2D eigenvalue weighted by Crippen LogP contribution is 2.37. The summed E-state index contributed by atoms with van der Waals surface area (Å²) in [7, 11) is 1.64. The lowest BCUT2D eigenvalue weighted by Crippen LogP contribution is -2.06. The van der Waals surface area contributed by atoms with E-state index in [1.165, 1.54) is 35.2 Å². The third-order valence-electron chi connectivity index (χ3n) is 3.38. The number of rotatable bonds is 9. The van der Waals surface area contributed by atoms with Gasteiger partial charge in [-0.15, -0.1) is 20.4 Å². The fourth-order valence-corrected chi connectivity index (χ4v) is 3.98. The van der Waals surface area contributed by atoms with Crippen LogP contribution in [-0.2, 0) is 4.74 Å². The molecule has 0 aliphatic rings. The highest BCUT2D eigenvalue weighted by Gasteiger charge is 2.19. The molecule has 1 aromatic carbocycles. The van der Waals surface area contributed by atoms with Gasteiger partial charge in [0, 0.05) is 31.4 Å². The minimum Gasteiger partial charge on any atom is -0.419 e. The summed E-state index contributed by atoms with van der Waals surface area (Å²) in [6, 6.07) is 5.96. The van der Waals surface area contributed by atoms with Crippen LogP contribution >= 0.6 is 23.1 Å². The molecule has 3 rings (SSSR count). The monoisotopic (exact) mass is 408 g/mol. The lowest BCUT2D eigenvalue weighted by Gasteiger charge is -2.02. The zero-order valence-electron chi connectivity index (χ0n) is 14.5. The van der Waals surface area contributed by atoms with Crippen LogP contribution in [0.3, 0.4) is 0 Å². The largest absolute Gasteiger partial charge is 0.419 e. The molecule has 12 heteroatoms. The highest BCUT2D eigenvalue weighted by molar-refractivity contribution is 8.01. The number of nitro benzene ring substituents is 1. The van der Waals surface area contributed by atoms with Crippen LogP contribution in [0.2, 0.25) is 0 Å². The molecule has 0 aliphatic heterocycles. The SMILES string of the molecule is COCCNc1nnc(SC(C)c2nnc(-c3ccc([N+](=O)[O-])cc3)o2)s1. The number of thioether (sulfide) groups is 1. The van der Waals surface area contributed by atoms with Gasteiger partial charge in [-0.05, 0) is 19.1 Å². The minimum absolute atomic E-state index is 0.00796. The number of nitrogens with one attached hydrogen (secondary N) is 1. The Balaban J connectivity index is 1.63. The molecule has 0 aliphatic carbocycles. The normalized spacial score (nSPS) is 12.1. The quantitative estimate of drug-likeness (QED) is 0.243. The molecule has 10 nitrogen and oxygen atoms in total. The van der Waals surface area contributed by atoms with Crippen molar-refractivity contribution in [3.8, 4) is 11.5 Å². The summed E-state index contributed by atoms with van der Waals surface area (Å²) in [6.45, 7) is 3.18. The van der Waals surface area contributed by atoms with Crippen LogP contribution in [0.25, 0.3) is 11.5 Å². The smallest absolute Gasteiger partial charge is 0.269 e. The van der Waals surface area contributed by atoms with Crippen molar-refractivity contribution in [3.63, 3.8) is 0 Å². The molecule has 1 N–H and O–H groups in total. The van der Waals surface area contributed by atoms with Gasteiger partial charge < -0.3 is 14.5 Å². The van der Waals surface area contributed by atoms with Crippen molar-refractivity contribution in [2.45, 2.75) is 16.5 Å². The van der Waals surface area contributed by atoms with Gasteiger partial charge in [0.1, 0.15) is 0 Å². The zero-order valence-corrected chi connectivity index (χ0v) is 16.1. The Morgan fingerprint density at radius 2 is 2.07 bits per heavy atom. The van der Waals surface area contributed by atoms with E-state index >= 15 is 0 Å². The number of nitro groups is 1. The van der Waals surface area contributed by atoms with Gasteiger partial charge >= 0.3 is 0 Å². The highest BCUT2D eigenvalue weighted by atomic mass is 32.2. The van der Waals surface area contributed by atoms with Crippen molar-refractivity contribution in [1.82, 2.24) is 20.4 Å². The first-order chi connectivity index (χ1) is 13.1. The molecule has 142 valence electrons. The van der Waals surface area contributed by atoms with Crippen molar-refractivity contribution >= 4 is 33.9 Å². The Hall–Kier alpha value is -2.57. The zero-order chi connectivity index (χ0) is 19.2. The van der Waals surface area contributed by atoms with Gasteiger partial charge in [0.2, 0.25) is 16.9 Å². The fourth-order valence-electron chi connectivity index (χ4n) is 2.03. The first-order valence-corrected chi connectivity index (χ1v) is 9.57. The Bertz CT molecular complexity index is 898. The summed E-state index contributed by atoms with van der Waals surface area (Å²) >= 11 is 2.89. The molecule has 27 heavy (non-hydrogen) atoms. The second-order valence-electron chi connectivity index (χ2n) is 5.30. The van der Waals surface area contributed by atoms with E-state index in [1.54, 1.807) is 19.2 Å². The standard InChI is InChI=1S/C15H16N6O4S2/c1-9(26-15-20-19-14(27-15)16-7-8-24-2)12-17-18-13(25-12)10-3-5-11(6-4-10)21(22)23/h3-6,9H,7-8H2,1-2H3,(H,16,19). The minimum atomic E-state index is -0.456. The van der Waals surface area contributed by atoms with Crippen molar-refractivity contribution in [2.75, 3.05) is 25.6 Å². The van der Waals surface area contributed by atoms with Crippen LogP contribution in [0.1, 0.15) is 18.1 Å². The molecule has 3 aromatic rings. The molecule has 0 bridgehead atoms. The maximum Gasteiger partial charge on any atom is 0.269 e. The second-order valence-corrected chi connectivity index (χ2v) is 7.87. The molecule has 1 atom stereocenters. The maximum atomic E-state index is 10.7. The number of hydrogen-bond acceptors (Lipinski definition) is 11. The summed E-state index contributed by atoms with van der Waals surface area (Å²) in [4.78, 5) is 10.3. The number of nitrogens with zero attached hydrogens (tertiary/aromatic N) is 5. The Morgan fingerprint density at radius 3 is 2.78 bits per heavy atom. The molecule has 1 unspecified atom stereocenters. The first kappa shape index (κ1) is 19.2. The number of aromatic nitrogens is 4.